The van der Waals surface area contributed by atoms with Crippen molar-refractivity contribution in [2.75, 3.05) is 0 Å². The van der Waals surface area contributed by atoms with Crippen LogP contribution in [0.3, 0.4) is 0 Å². The first-order chi connectivity index (χ1) is 12.9. The quantitative estimate of drug-likeness (QED) is 0.706. The summed E-state index contributed by atoms with van der Waals surface area (Å²) in [7, 11) is 0. The molecule has 0 radical (unpaired) electrons. The second kappa shape index (κ2) is 8.08. The molecule has 1 atom stereocenters. The number of halogens is 2. The molecule has 0 heterocycles. The van der Waals surface area contributed by atoms with E-state index >= 15 is 0 Å². The van der Waals surface area contributed by atoms with Gasteiger partial charge in [0.2, 0.25) is 5.91 Å². The average Bonchev–Trinajstić information content (AvgIpc) is 2.62. The van der Waals surface area contributed by atoms with Crippen LogP contribution in [0, 0.1) is 5.82 Å². The number of amides is 2. The normalized spacial score (nSPS) is 16.0. The lowest BCUT2D eigenvalue weighted by molar-refractivity contribution is -0.137. The Bertz CT molecular complexity index is 837. The van der Waals surface area contributed by atoms with E-state index in [1.807, 2.05) is 24.3 Å². The van der Waals surface area contributed by atoms with Crippen LogP contribution >= 0.6 is 15.9 Å². The van der Waals surface area contributed by atoms with Crippen molar-refractivity contribution in [3.05, 3.63) is 64.4 Å². The van der Waals surface area contributed by atoms with Crippen LogP contribution in [0.2, 0.25) is 0 Å². The van der Waals surface area contributed by atoms with Gasteiger partial charge in [0, 0.05) is 4.47 Å². The van der Waals surface area contributed by atoms with Gasteiger partial charge in [0.1, 0.15) is 0 Å². The van der Waals surface area contributed by atoms with E-state index in [0.717, 1.165) is 29.3 Å². The SMILES string of the molecule is CC(Oc1ccccc1F)C(=O)NNC(=O)C1(c2ccc(Br)cc2)CCC1. The highest BCUT2D eigenvalue weighted by Gasteiger charge is 2.45. The number of nitrogens with one attached hydrogen (secondary N) is 2. The number of benzene rings is 2. The molecule has 2 aromatic rings. The largest absolute Gasteiger partial charge is 0.478 e. The van der Waals surface area contributed by atoms with Gasteiger partial charge >= 0.3 is 0 Å². The van der Waals surface area contributed by atoms with E-state index in [1.54, 1.807) is 6.07 Å². The molecule has 2 aromatic carbocycles. The number of carbonyl (C=O) groups excluding carboxylic acids is 2. The second-order valence-electron chi connectivity index (χ2n) is 6.58. The lowest BCUT2D eigenvalue weighted by atomic mass is 9.64. The van der Waals surface area contributed by atoms with Gasteiger partial charge in [0.25, 0.3) is 5.91 Å². The minimum atomic E-state index is -0.966. The first kappa shape index (κ1) is 19.4. The predicted molar refractivity (Wildman–Crippen MR) is 102 cm³/mol. The Kier molecular flexibility index (Phi) is 5.79. The van der Waals surface area contributed by atoms with Crippen LogP contribution in [0.15, 0.2) is 53.0 Å². The molecule has 27 heavy (non-hydrogen) atoms. The Morgan fingerprint density at radius 3 is 2.37 bits per heavy atom. The van der Waals surface area contributed by atoms with Crippen molar-refractivity contribution in [1.82, 2.24) is 10.9 Å². The zero-order valence-electron chi connectivity index (χ0n) is 14.8. The summed E-state index contributed by atoms with van der Waals surface area (Å²) >= 11 is 3.39. The molecule has 2 amide bonds. The van der Waals surface area contributed by atoms with Gasteiger partial charge in [0.05, 0.1) is 5.41 Å². The molecule has 0 spiro atoms. The first-order valence-corrected chi connectivity index (χ1v) is 9.49. The maximum atomic E-state index is 13.6. The number of para-hydroxylation sites is 1. The number of hydrogen-bond donors (Lipinski definition) is 2. The minimum Gasteiger partial charge on any atom is -0.478 e. The van der Waals surface area contributed by atoms with Gasteiger partial charge in [-0.05, 0) is 49.6 Å². The summed E-state index contributed by atoms with van der Waals surface area (Å²) < 4.78 is 19.9. The van der Waals surface area contributed by atoms with Crippen LogP contribution < -0.4 is 15.6 Å². The van der Waals surface area contributed by atoms with E-state index in [1.165, 1.54) is 25.1 Å². The van der Waals surface area contributed by atoms with Crippen molar-refractivity contribution in [3.8, 4) is 5.75 Å². The lowest BCUT2D eigenvalue weighted by Crippen LogP contribution is -2.56. The molecule has 5 nitrogen and oxygen atoms in total. The first-order valence-electron chi connectivity index (χ1n) is 8.70. The maximum Gasteiger partial charge on any atom is 0.279 e. The van der Waals surface area contributed by atoms with Crippen LogP contribution in [0.25, 0.3) is 0 Å². The highest BCUT2D eigenvalue weighted by atomic mass is 79.9. The third kappa shape index (κ3) is 4.13. The third-order valence-electron chi connectivity index (χ3n) is 4.85. The highest BCUT2D eigenvalue weighted by Crippen LogP contribution is 2.44. The van der Waals surface area contributed by atoms with Crippen molar-refractivity contribution >= 4 is 27.7 Å². The van der Waals surface area contributed by atoms with Gasteiger partial charge in [-0.3, -0.25) is 20.4 Å². The molecule has 0 bridgehead atoms. The summed E-state index contributed by atoms with van der Waals surface area (Å²) in [5, 5.41) is 0. The monoisotopic (exact) mass is 434 g/mol. The molecule has 1 fully saturated rings. The molecule has 7 heteroatoms. The highest BCUT2D eigenvalue weighted by molar-refractivity contribution is 9.10. The Hall–Kier alpha value is -2.41. The van der Waals surface area contributed by atoms with Crippen molar-refractivity contribution in [2.45, 2.75) is 37.7 Å². The van der Waals surface area contributed by atoms with Gasteiger partial charge in [0.15, 0.2) is 17.7 Å². The summed E-state index contributed by atoms with van der Waals surface area (Å²) in [6, 6.07) is 13.5. The fourth-order valence-corrected chi connectivity index (χ4v) is 3.33. The van der Waals surface area contributed by atoms with Gasteiger partial charge in [-0.25, -0.2) is 4.39 Å². The van der Waals surface area contributed by atoms with E-state index in [-0.39, 0.29) is 11.7 Å². The topological polar surface area (TPSA) is 67.4 Å². The minimum absolute atomic E-state index is 0.0168. The Balaban J connectivity index is 1.60. The molecule has 1 unspecified atom stereocenters. The number of rotatable bonds is 5. The van der Waals surface area contributed by atoms with Gasteiger partial charge < -0.3 is 4.74 Å². The summed E-state index contributed by atoms with van der Waals surface area (Å²) in [6.07, 6.45) is 1.42. The molecule has 0 aliphatic heterocycles. The number of hydrogen-bond acceptors (Lipinski definition) is 3. The molecule has 2 N–H and O–H groups in total. The number of carbonyl (C=O) groups is 2. The Morgan fingerprint density at radius 2 is 1.78 bits per heavy atom. The van der Waals surface area contributed by atoms with Crippen molar-refractivity contribution in [2.24, 2.45) is 0 Å². The van der Waals surface area contributed by atoms with Crippen LogP contribution in [0.5, 0.6) is 5.75 Å². The van der Waals surface area contributed by atoms with Crippen molar-refractivity contribution in [1.29, 1.82) is 0 Å². The van der Waals surface area contributed by atoms with Crippen LogP contribution in [-0.4, -0.2) is 17.9 Å². The van der Waals surface area contributed by atoms with E-state index < -0.39 is 23.2 Å². The lowest BCUT2D eigenvalue weighted by Gasteiger charge is -2.40. The smallest absolute Gasteiger partial charge is 0.279 e. The van der Waals surface area contributed by atoms with Crippen LogP contribution in [-0.2, 0) is 15.0 Å². The summed E-state index contributed by atoms with van der Waals surface area (Å²) in [5.74, 6) is -1.39. The third-order valence-corrected chi connectivity index (χ3v) is 5.38. The molecule has 3 rings (SSSR count). The number of ether oxygens (including phenoxy) is 1. The zero-order chi connectivity index (χ0) is 19.4. The Morgan fingerprint density at radius 1 is 1.11 bits per heavy atom. The van der Waals surface area contributed by atoms with Gasteiger partial charge in [-0.15, -0.1) is 0 Å². The summed E-state index contributed by atoms with van der Waals surface area (Å²) in [4.78, 5) is 24.9. The predicted octanol–water partition coefficient (Wildman–Crippen LogP) is 3.62. The van der Waals surface area contributed by atoms with E-state index in [0.29, 0.717) is 0 Å². The average molecular weight is 435 g/mol. The summed E-state index contributed by atoms with van der Waals surface area (Å²) in [5.41, 5.74) is 5.16. The van der Waals surface area contributed by atoms with E-state index in [9.17, 15) is 14.0 Å². The zero-order valence-corrected chi connectivity index (χ0v) is 16.4. The fraction of sp³-hybridized carbons (Fsp3) is 0.300. The van der Waals surface area contributed by atoms with Crippen LogP contribution in [0.1, 0.15) is 31.7 Å². The van der Waals surface area contributed by atoms with Crippen molar-refractivity contribution < 1.29 is 18.7 Å². The number of hydrazine groups is 1. The molecular formula is C20H20BrFN2O3. The van der Waals surface area contributed by atoms with Gasteiger partial charge in [-0.2, -0.15) is 0 Å². The fourth-order valence-electron chi connectivity index (χ4n) is 3.07. The molecule has 1 aliphatic rings. The summed E-state index contributed by atoms with van der Waals surface area (Å²) in [6.45, 7) is 1.49. The standard InChI is InChI=1S/C20H20BrFN2O3/c1-13(27-17-6-3-2-5-16(17)22)18(25)23-24-19(26)20(11-4-12-20)14-7-9-15(21)10-8-14/h2-3,5-10,13H,4,11-12H2,1H3,(H,23,25)(H,24,26). The molecule has 142 valence electrons. The molecule has 1 saturated carbocycles. The molecular weight excluding hydrogens is 415 g/mol. The van der Waals surface area contributed by atoms with E-state index in [2.05, 4.69) is 26.8 Å². The Labute approximate surface area is 165 Å². The van der Waals surface area contributed by atoms with Crippen molar-refractivity contribution in [3.63, 3.8) is 0 Å². The van der Waals surface area contributed by atoms with Crippen LogP contribution in [0.4, 0.5) is 4.39 Å². The van der Waals surface area contributed by atoms with E-state index in [4.69, 9.17) is 4.74 Å². The molecule has 0 saturated heterocycles. The molecule has 0 aromatic heterocycles. The van der Waals surface area contributed by atoms with Gasteiger partial charge in [-0.1, -0.05) is 46.6 Å². The second-order valence-corrected chi connectivity index (χ2v) is 7.49. The molecule has 1 aliphatic carbocycles. The maximum absolute atomic E-state index is 13.6.